The van der Waals surface area contributed by atoms with Gasteiger partial charge in [0.15, 0.2) is 5.65 Å². The predicted molar refractivity (Wildman–Crippen MR) is 132 cm³/mol. The molecule has 4 aromatic rings. The molecule has 1 saturated heterocycles. The fourth-order valence-electron chi connectivity index (χ4n) is 4.24. The Hall–Kier alpha value is -3.18. The number of aryl methyl sites for hydroxylation is 1. The second kappa shape index (κ2) is 9.36. The Morgan fingerprint density at radius 1 is 1.12 bits per heavy atom. The van der Waals surface area contributed by atoms with Crippen molar-refractivity contribution in [3.8, 4) is 28.5 Å². The maximum absolute atomic E-state index is 14.7. The molecule has 0 spiro atoms. The number of halogens is 3. The zero-order chi connectivity index (χ0) is 22.2. The van der Waals surface area contributed by atoms with Crippen LogP contribution in [0.15, 0.2) is 42.5 Å². The number of benzene rings is 2. The van der Waals surface area contributed by atoms with E-state index in [4.69, 9.17) is 11.6 Å². The van der Waals surface area contributed by atoms with Gasteiger partial charge >= 0.3 is 0 Å². The molecule has 0 unspecified atom stereocenters. The number of piperazine rings is 1. The molecule has 2 aromatic heterocycles. The second-order valence-corrected chi connectivity index (χ2v) is 8.21. The molecule has 3 heterocycles. The van der Waals surface area contributed by atoms with Crippen LogP contribution in [-0.2, 0) is 0 Å². The van der Waals surface area contributed by atoms with Crippen molar-refractivity contribution >= 4 is 40.7 Å². The van der Waals surface area contributed by atoms with E-state index in [1.54, 1.807) is 0 Å². The highest BCUT2D eigenvalue weighted by atomic mass is 35.5. The van der Waals surface area contributed by atoms with Crippen molar-refractivity contribution in [2.24, 2.45) is 0 Å². The SMILES string of the molecule is Cc1[nH]nc2nc(-c3cc(Cl)ccc3F)c(C#N)c(-c3ccc(N4CCNCC4)cc3)c12.Cl. The molecule has 2 aromatic carbocycles. The van der Waals surface area contributed by atoms with Crippen LogP contribution in [0.1, 0.15) is 11.3 Å². The number of aromatic amines is 1. The van der Waals surface area contributed by atoms with E-state index in [0.29, 0.717) is 16.2 Å². The normalized spacial score (nSPS) is 13.6. The molecule has 33 heavy (non-hydrogen) atoms. The van der Waals surface area contributed by atoms with Crippen molar-refractivity contribution < 1.29 is 4.39 Å². The molecular weight excluding hydrogens is 462 g/mol. The quantitative estimate of drug-likeness (QED) is 0.424. The highest BCUT2D eigenvalue weighted by Crippen LogP contribution is 2.39. The van der Waals surface area contributed by atoms with Gasteiger partial charge in [-0.05, 0) is 42.8 Å². The van der Waals surface area contributed by atoms with Gasteiger partial charge in [0.2, 0.25) is 0 Å². The summed E-state index contributed by atoms with van der Waals surface area (Å²) in [5.41, 5.74) is 4.58. The molecule has 1 fully saturated rings. The van der Waals surface area contributed by atoms with Gasteiger partial charge in [-0.25, -0.2) is 9.37 Å². The van der Waals surface area contributed by atoms with Gasteiger partial charge in [0, 0.05) is 53.7 Å². The molecule has 6 nitrogen and oxygen atoms in total. The Morgan fingerprint density at radius 3 is 2.55 bits per heavy atom. The van der Waals surface area contributed by atoms with Crippen LogP contribution in [0.2, 0.25) is 5.02 Å². The summed E-state index contributed by atoms with van der Waals surface area (Å²) in [7, 11) is 0. The van der Waals surface area contributed by atoms with E-state index in [0.717, 1.165) is 48.5 Å². The van der Waals surface area contributed by atoms with Crippen LogP contribution in [0.5, 0.6) is 0 Å². The average Bonchev–Trinajstić information content (AvgIpc) is 3.20. The lowest BCUT2D eigenvalue weighted by Gasteiger charge is -2.29. The fraction of sp³-hybridized carbons (Fsp3) is 0.208. The van der Waals surface area contributed by atoms with E-state index in [9.17, 15) is 9.65 Å². The molecule has 1 aliphatic heterocycles. The highest BCUT2D eigenvalue weighted by Gasteiger charge is 2.23. The van der Waals surface area contributed by atoms with Crippen LogP contribution in [0.25, 0.3) is 33.4 Å². The third kappa shape index (κ3) is 4.13. The number of hydrogen-bond donors (Lipinski definition) is 2. The maximum atomic E-state index is 14.7. The van der Waals surface area contributed by atoms with Gasteiger partial charge in [-0.1, -0.05) is 23.7 Å². The van der Waals surface area contributed by atoms with Crippen LogP contribution < -0.4 is 10.2 Å². The molecule has 0 radical (unpaired) electrons. The van der Waals surface area contributed by atoms with Crippen molar-refractivity contribution in [2.75, 3.05) is 31.1 Å². The first-order chi connectivity index (χ1) is 15.6. The first-order valence-corrected chi connectivity index (χ1v) is 10.7. The van der Waals surface area contributed by atoms with Gasteiger partial charge in [-0.2, -0.15) is 10.4 Å². The minimum atomic E-state index is -0.495. The zero-order valence-corrected chi connectivity index (χ0v) is 19.4. The summed E-state index contributed by atoms with van der Waals surface area (Å²) in [4.78, 5) is 6.86. The lowest BCUT2D eigenvalue weighted by atomic mass is 9.93. The number of nitriles is 1. The fourth-order valence-corrected chi connectivity index (χ4v) is 4.41. The van der Waals surface area contributed by atoms with Crippen molar-refractivity contribution in [2.45, 2.75) is 6.92 Å². The Kier molecular flexibility index (Phi) is 6.52. The zero-order valence-electron chi connectivity index (χ0n) is 17.8. The third-order valence-electron chi connectivity index (χ3n) is 5.82. The predicted octanol–water partition coefficient (Wildman–Crippen LogP) is 5.10. The van der Waals surface area contributed by atoms with Gasteiger partial charge in [-0.15, -0.1) is 12.4 Å². The summed E-state index contributed by atoms with van der Waals surface area (Å²) >= 11 is 6.12. The van der Waals surface area contributed by atoms with E-state index < -0.39 is 5.82 Å². The number of fused-ring (bicyclic) bond motifs is 1. The van der Waals surface area contributed by atoms with Crippen LogP contribution in [0.3, 0.4) is 0 Å². The monoisotopic (exact) mass is 482 g/mol. The van der Waals surface area contributed by atoms with Crippen molar-refractivity contribution in [3.05, 3.63) is 64.6 Å². The Balaban J connectivity index is 0.00000259. The standard InChI is InChI=1S/C24H20ClFN6.ClH/c1-14-21-22(15-2-5-17(6-3-15)32-10-8-28-9-11-32)19(13-27)23(29-24(21)31-30-14)18-12-16(25)4-7-20(18)26;/h2-7,12,28H,8-11H2,1H3,(H,29,30,31);1H. The summed E-state index contributed by atoms with van der Waals surface area (Å²) < 4.78 is 14.7. The average molecular weight is 483 g/mol. The maximum Gasteiger partial charge on any atom is 0.182 e. The Labute approximate surface area is 201 Å². The number of aromatic nitrogens is 3. The summed E-state index contributed by atoms with van der Waals surface area (Å²) in [6.45, 7) is 5.68. The third-order valence-corrected chi connectivity index (χ3v) is 6.05. The second-order valence-electron chi connectivity index (χ2n) is 7.78. The van der Waals surface area contributed by atoms with Crippen molar-refractivity contribution in [1.29, 1.82) is 5.26 Å². The molecule has 9 heteroatoms. The van der Waals surface area contributed by atoms with Crippen molar-refractivity contribution in [3.63, 3.8) is 0 Å². The Morgan fingerprint density at radius 2 is 1.85 bits per heavy atom. The largest absolute Gasteiger partial charge is 0.369 e. The smallest absolute Gasteiger partial charge is 0.182 e. The number of nitrogens with one attached hydrogen (secondary N) is 2. The summed E-state index contributed by atoms with van der Waals surface area (Å²) in [5, 5.41) is 21.9. The van der Waals surface area contributed by atoms with Gasteiger partial charge in [-0.3, -0.25) is 5.10 Å². The van der Waals surface area contributed by atoms with Gasteiger partial charge in [0.05, 0.1) is 16.6 Å². The van der Waals surface area contributed by atoms with E-state index >= 15 is 0 Å². The van der Waals surface area contributed by atoms with E-state index in [1.807, 2.05) is 19.1 Å². The molecule has 0 amide bonds. The number of anilines is 1. The van der Waals surface area contributed by atoms with Gasteiger partial charge < -0.3 is 10.2 Å². The molecule has 0 atom stereocenters. The topological polar surface area (TPSA) is 80.6 Å². The molecule has 5 rings (SSSR count). The van der Waals surface area contributed by atoms with Gasteiger partial charge in [0.25, 0.3) is 0 Å². The first-order valence-electron chi connectivity index (χ1n) is 10.4. The summed E-state index contributed by atoms with van der Waals surface area (Å²) in [6, 6.07) is 14.6. The molecule has 0 bridgehead atoms. The van der Waals surface area contributed by atoms with Crippen molar-refractivity contribution in [1.82, 2.24) is 20.5 Å². The van der Waals surface area contributed by atoms with Crippen LogP contribution in [0.4, 0.5) is 10.1 Å². The van der Waals surface area contributed by atoms with Crippen LogP contribution in [-0.4, -0.2) is 41.4 Å². The first kappa shape index (κ1) is 23.0. The van der Waals surface area contributed by atoms with Crippen LogP contribution >= 0.6 is 24.0 Å². The van der Waals surface area contributed by atoms with Crippen LogP contribution in [0, 0.1) is 24.1 Å². The summed E-state index contributed by atoms with van der Waals surface area (Å²) in [5.74, 6) is -0.495. The molecule has 0 saturated carbocycles. The molecule has 0 aliphatic carbocycles. The lowest BCUT2D eigenvalue weighted by Crippen LogP contribution is -2.43. The number of nitrogens with zero attached hydrogens (tertiary/aromatic N) is 4. The number of pyridine rings is 1. The molecule has 1 aliphatic rings. The number of H-pyrrole nitrogens is 1. The summed E-state index contributed by atoms with van der Waals surface area (Å²) in [6.07, 6.45) is 0. The van der Waals surface area contributed by atoms with E-state index in [1.165, 1.54) is 18.2 Å². The molecular formula is C24H21Cl2FN6. The van der Waals surface area contributed by atoms with Gasteiger partial charge in [0.1, 0.15) is 11.9 Å². The molecule has 168 valence electrons. The lowest BCUT2D eigenvalue weighted by molar-refractivity contribution is 0.589. The minimum absolute atomic E-state index is 0. The minimum Gasteiger partial charge on any atom is -0.369 e. The highest BCUT2D eigenvalue weighted by molar-refractivity contribution is 6.30. The molecule has 2 N–H and O–H groups in total. The number of rotatable bonds is 3. The number of hydrogen-bond acceptors (Lipinski definition) is 5. The Bertz CT molecular complexity index is 1350. The van der Waals surface area contributed by atoms with E-state index in [2.05, 4.69) is 43.6 Å². The van der Waals surface area contributed by atoms with E-state index in [-0.39, 0.29) is 29.2 Å².